The highest BCUT2D eigenvalue weighted by Crippen LogP contribution is 2.35. The molecular weight excluding hydrogens is 542 g/mol. The van der Waals surface area contributed by atoms with E-state index in [1.807, 2.05) is 12.1 Å². The standard InChI is InChI=1S/C31H28F2N6O3/c1-17-10-27(42-29-22(32)4-3-5-23(29)33)35-13-26(17)39-30(34)21(12-36-39)28(40)25-11-20-19-8-9-38(31(2)15-41-16-31)14-18(19)6-7-24(20)37-25/h3-7,10-13,37H,8-9,14-16,34H2,1-2H3. The molecular formula is C31H28F2N6O3. The Morgan fingerprint density at radius 2 is 1.93 bits per heavy atom. The Morgan fingerprint density at radius 1 is 1.14 bits per heavy atom. The Bertz CT molecular complexity index is 1860. The van der Waals surface area contributed by atoms with Crippen LogP contribution in [0.25, 0.3) is 16.6 Å². The number of aromatic nitrogens is 4. The van der Waals surface area contributed by atoms with Gasteiger partial charge in [-0.3, -0.25) is 9.69 Å². The molecule has 214 valence electrons. The van der Waals surface area contributed by atoms with Crippen LogP contribution in [-0.4, -0.2) is 55.7 Å². The van der Waals surface area contributed by atoms with Gasteiger partial charge in [0.05, 0.1) is 48.1 Å². The Hall–Kier alpha value is -4.61. The number of nitrogen functional groups attached to an aromatic ring is 1. The SMILES string of the molecule is Cc1cc(Oc2c(F)cccc2F)ncc1-n1ncc(C(=O)c2cc3c4c(ccc3[nH]2)CN(C2(C)COC2)CC4)c1N. The van der Waals surface area contributed by atoms with Crippen LogP contribution >= 0.6 is 0 Å². The van der Waals surface area contributed by atoms with Crippen LogP contribution in [0.5, 0.6) is 11.6 Å². The number of nitrogens with zero attached hydrogens (tertiary/aromatic N) is 4. The molecule has 0 unspecified atom stereocenters. The molecule has 9 nitrogen and oxygen atoms in total. The van der Waals surface area contributed by atoms with Crippen molar-refractivity contribution in [2.45, 2.75) is 32.4 Å². The van der Waals surface area contributed by atoms with Crippen LogP contribution in [0, 0.1) is 18.6 Å². The summed E-state index contributed by atoms with van der Waals surface area (Å²) < 4.78 is 40.3. The van der Waals surface area contributed by atoms with Crippen molar-refractivity contribution < 1.29 is 23.0 Å². The first-order valence-corrected chi connectivity index (χ1v) is 13.7. The fraction of sp³-hybridized carbons (Fsp3) is 0.258. The van der Waals surface area contributed by atoms with Crippen LogP contribution in [0.15, 0.2) is 54.9 Å². The number of fused-ring (bicyclic) bond motifs is 3. The van der Waals surface area contributed by atoms with Crippen LogP contribution in [0.2, 0.25) is 0 Å². The molecule has 3 aromatic heterocycles. The average molecular weight is 571 g/mol. The number of benzene rings is 2. The molecule has 0 amide bonds. The van der Waals surface area contributed by atoms with Gasteiger partial charge in [0.2, 0.25) is 17.4 Å². The van der Waals surface area contributed by atoms with E-state index in [1.165, 1.54) is 40.3 Å². The number of ketones is 1. The fourth-order valence-electron chi connectivity index (χ4n) is 5.80. The maximum Gasteiger partial charge on any atom is 0.219 e. The number of H-pyrrole nitrogens is 1. The van der Waals surface area contributed by atoms with Gasteiger partial charge >= 0.3 is 0 Å². The van der Waals surface area contributed by atoms with Crippen molar-refractivity contribution in [2.24, 2.45) is 0 Å². The second kappa shape index (κ2) is 9.74. The first-order chi connectivity index (χ1) is 20.2. The van der Waals surface area contributed by atoms with Crippen molar-refractivity contribution in [3.05, 3.63) is 94.4 Å². The second-order valence-electron chi connectivity index (χ2n) is 11.2. The zero-order valence-corrected chi connectivity index (χ0v) is 23.1. The first-order valence-electron chi connectivity index (χ1n) is 13.7. The molecule has 3 N–H and O–H groups in total. The second-order valence-corrected chi connectivity index (χ2v) is 11.2. The first kappa shape index (κ1) is 26.3. The molecule has 0 aliphatic carbocycles. The fourth-order valence-corrected chi connectivity index (χ4v) is 5.80. The molecule has 7 rings (SSSR count). The lowest BCUT2D eigenvalue weighted by Crippen LogP contribution is -2.60. The van der Waals surface area contributed by atoms with Crippen molar-refractivity contribution in [3.63, 3.8) is 0 Å². The molecule has 0 saturated carbocycles. The molecule has 0 spiro atoms. The Labute approximate surface area is 239 Å². The topological polar surface area (TPSA) is 111 Å². The number of para-hydroxylation sites is 1. The lowest BCUT2D eigenvalue weighted by molar-refractivity contribution is -0.135. The molecule has 1 fully saturated rings. The maximum atomic E-state index is 14.0. The van der Waals surface area contributed by atoms with E-state index in [4.69, 9.17) is 15.2 Å². The molecule has 11 heteroatoms. The number of rotatable bonds is 6. The van der Waals surface area contributed by atoms with Crippen LogP contribution < -0.4 is 10.5 Å². The van der Waals surface area contributed by atoms with Crippen LogP contribution in [0.3, 0.4) is 0 Å². The third-order valence-electron chi connectivity index (χ3n) is 8.30. The number of carbonyl (C=O) groups excluding carboxylic acids is 1. The van der Waals surface area contributed by atoms with Gasteiger partial charge < -0.3 is 20.2 Å². The van der Waals surface area contributed by atoms with E-state index in [1.54, 1.807) is 6.92 Å². The summed E-state index contributed by atoms with van der Waals surface area (Å²) >= 11 is 0. The number of halogens is 2. The van der Waals surface area contributed by atoms with Gasteiger partial charge in [0.25, 0.3) is 0 Å². The number of nitrogens with one attached hydrogen (secondary N) is 1. The van der Waals surface area contributed by atoms with E-state index in [2.05, 4.69) is 33.0 Å². The number of aryl methyl sites for hydroxylation is 1. The van der Waals surface area contributed by atoms with Gasteiger partial charge in [-0.2, -0.15) is 5.10 Å². The summed E-state index contributed by atoms with van der Waals surface area (Å²) in [5, 5.41) is 5.38. The number of nitrogens with two attached hydrogens (primary N) is 1. The van der Waals surface area contributed by atoms with Crippen molar-refractivity contribution in [1.29, 1.82) is 0 Å². The lowest BCUT2D eigenvalue weighted by atomic mass is 9.90. The normalized spacial score (nSPS) is 16.3. The van der Waals surface area contributed by atoms with Crippen LogP contribution in [0.1, 0.15) is 39.7 Å². The molecule has 2 aliphatic heterocycles. The molecule has 1 saturated heterocycles. The molecule has 0 bridgehead atoms. The summed E-state index contributed by atoms with van der Waals surface area (Å²) in [6.07, 6.45) is 3.75. The van der Waals surface area contributed by atoms with Gasteiger partial charge in [-0.1, -0.05) is 12.1 Å². The van der Waals surface area contributed by atoms with Gasteiger partial charge in [0.1, 0.15) is 5.82 Å². The average Bonchev–Trinajstić information content (AvgIpc) is 3.57. The summed E-state index contributed by atoms with van der Waals surface area (Å²) in [6.45, 7) is 7.29. The molecule has 42 heavy (non-hydrogen) atoms. The number of ether oxygens (including phenoxy) is 2. The van der Waals surface area contributed by atoms with E-state index in [0.717, 1.165) is 55.8 Å². The van der Waals surface area contributed by atoms with E-state index in [9.17, 15) is 13.6 Å². The smallest absolute Gasteiger partial charge is 0.219 e. The molecule has 0 atom stereocenters. The number of hydrogen-bond acceptors (Lipinski definition) is 7. The highest BCUT2D eigenvalue weighted by atomic mass is 19.1. The quantitative estimate of drug-likeness (QED) is 0.274. The third-order valence-corrected chi connectivity index (χ3v) is 8.30. The summed E-state index contributed by atoms with van der Waals surface area (Å²) in [7, 11) is 0. The van der Waals surface area contributed by atoms with Crippen molar-refractivity contribution in [3.8, 4) is 17.3 Å². The monoisotopic (exact) mass is 570 g/mol. The largest absolute Gasteiger partial charge is 0.433 e. The van der Waals surface area contributed by atoms with E-state index < -0.39 is 17.4 Å². The van der Waals surface area contributed by atoms with Crippen LogP contribution in [0.4, 0.5) is 14.6 Å². The Balaban J connectivity index is 1.14. The zero-order valence-electron chi connectivity index (χ0n) is 23.1. The molecule has 2 aliphatic rings. The third kappa shape index (κ3) is 4.24. The van der Waals surface area contributed by atoms with Crippen molar-refractivity contribution in [1.82, 2.24) is 24.6 Å². The van der Waals surface area contributed by atoms with Crippen molar-refractivity contribution >= 4 is 22.5 Å². The number of hydrogen-bond donors (Lipinski definition) is 2. The highest BCUT2D eigenvalue weighted by Gasteiger charge is 2.40. The summed E-state index contributed by atoms with van der Waals surface area (Å²) in [5.41, 5.74) is 11.7. The van der Waals surface area contributed by atoms with Gasteiger partial charge in [0, 0.05) is 30.1 Å². The predicted octanol–water partition coefficient (Wildman–Crippen LogP) is 5.09. The minimum atomic E-state index is -0.837. The predicted molar refractivity (Wildman–Crippen MR) is 152 cm³/mol. The maximum absolute atomic E-state index is 14.0. The minimum Gasteiger partial charge on any atom is -0.433 e. The van der Waals surface area contributed by atoms with E-state index in [-0.39, 0.29) is 28.6 Å². The summed E-state index contributed by atoms with van der Waals surface area (Å²) in [5.74, 6) is -2.34. The van der Waals surface area contributed by atoms with Gasteiger partial charge in [-0.05, 0) is 61.2 Å². The number of pyridine rings is 1. The Morgan fingerprint density at radius 3 is 2.64 bits per heavy atom. The van der Waals surface area contributed by atoms with Gasteiger partial charge in [-0.15, -0.1) is 0 Å². The number of aromatic amines is 1. The number of carbonyl (C=O) groups is 1. The molecule has 5 aromatic rings. The Kier molecular flexibility index (Phi) is 6.10. The van der Waals surface area contributed by atoms with E-state index >= 15 is 0 Å². The molecule has 0 radical (unpaired) electrons. The number of anilines is 1. The summed E-state index contributed by atoms with van der Waals surface area (Å²) in [6, 6.07) is 11.0. The van der Waals surface area contributed by atoms with Gasteiger partial charge in [0.15, 0.2) is 11.6 Å². The van der Waals surface area contributed by atoms with E-state index in [0.29, 0.717) is 16.9 Å². The minimum absolute atomic E-state index is 0.00179. The van der Waals surface area contributed by atoms with Gasteiger partial charge in [-0.25, -0.2) is 18.4 Å². The zero-order chi connectivity index (χ0) is 29.2. The van der Waals surface area contributed by atoms with Crippen molar-refractivity contribution in [2.75, 3.05) is 25.5 Å². The molecule has 5 heterocycles. The van der Waals surface area contributed by atoms with Crippen LogP contribution in [-0.2, 0) is 17.7 Å². The highest BCUT2D eigenvalue weighted by molar-refractivity contribution is 6.12. The summed E-state index contributed by atoms with van der Waals surface area (Å²) in [4.78, 5) is 23.5. The molecule has 2 aromatic carbocycles. The lowest BCUT2D eigenvalue weighted by Gasteiger charge is -2.49.